The zero-order valence-electron chi connectivity index (χ0n) is 10.7. The number of hydrogen-bond donors (Lipinski definition) is 0. The molecule has 0 saturated heterocycles. The van der Waals surface area contributed by atoms with Crippen LogP contribution in [0.3, 0.4) is 0 Å². The van der Waals surface area contributed by atoms with Crippen molar-refractivity contribution in [3.8, 4) is 5.75 Å². The summed E-state index contributed by atoms with van der Waals surface area (Å²) in [5.74, 6) is 0.972. The number of rotatable bonds is 2. The van der Waals surface area contributed by atoms with Crippen molar-refractivity contribution in [2.45, 2.75) is 25.9 Å². The van der Waals surface area contributed by atoms with Gasteiger partial charge in [0.15, 0.2) is 5.75 Å². The summed E-state index contributed by atoms with van der Waals surface area (Å²) in [7, 11) is 0. The number of fused-ring (bicyclic) bond motifs is 1. The van der Waals surface area contributed by atoms with Crippen molar-refractivity contribution in [2.75, 3.05) is 0 Å². The first kappa shape index (κ1) is 11.3. The first-order valence-corrected chi connectivity index (χ1v) is 6.37. The molecule has 1 atom stereocenters. The molecule has 2 aromatic carbocycles. The minimum Gasteiger partial charge on any atom is -0.404 e. The summed E-state index contributed by atoms with van der Waals surface area (Å²) in [4.78, 5) is 5.97. The molecule has 0 aliphatic carbocycles. The lowest BCUT2D eigenvalue weighted by Gasteiger charge is -2.26. The van der Waals surface area contributed by atoms with Crippen molar-refractivity contribution in [3.63, 3.8) is 0 Å². The molecule has 0 radical (unpaired) electrons. The number of benzene rings is 2. The van der Waals surface area contributed by atoms with Crippen LogP contribution >= 0.6 is 0 Å². The largest absolute Gasteiger partial charge is 0.404 e. The van der Waals surface area contributed by atoms with Crippen LogP contribution in [0.4, 0.5) is 0 Å². The Balaban J connectivity index is 2.09. The second-order valence-corrected chi connectivity index (χ2v) is 4.90. The van der Waals surface area contributed by atoms with E-state index in [1.54, 1.807) is 0 Å². The van der Waals surface area contributed by atoms with E-state index in [-0.39, 0.29) is 6.04 Å². The van der Waals surface area contributed by atoms with Crippen molar-refractivity contribution in [1.29, 1.82) is 0 Å². The molecule has 0 saturated carbocycles. The SMILES string of the molecule is CC(C)N1Oc2ccccc2C1c1ccccc1. The highest BCUT2D eigenvalue weighted by atomic mass is 16.7. The van der Waals surface area contributed by atoms with E-state index in [2.05, 4.69) is 55.3 Å². The monoisotopic (exact) mass is 239 g/mol. The maximum absolute atomic E-state index is 5.97. The Morgan fingerprint density at radius 2 is 1.61 bits per heavy atom. The Kier molecular flexibility index (Phi) is 2.80. The van der Waals surface area contributed by atoms with E-state index in [9.17, 15) is 0 Å². The summed E-state index contributed by atoms with van der Waals surface area (Å²) >= 11 is 0. The molecule has 0 bridgehead atoms. The molecule has 0 aromatic heterocycles. The summed E-state index contributed by atoms with van der Waals surface area (Å²) < 4.78 is 0. The number of para-hydroxylation sites is 1. The number of hydrogen-bond acceptors (Lipinski definition) is 2. The highest BCUT2D eigenvalue weighted by molar-refractivity contribution is 5.44. The van der Waals surface area contributed by atoms with E-state index in [0.717, 1.165) is 5.75 Å². The lowest BCUT2D eigenvalue weighted by atomic mass is 9.98. The third-order valence-corrected chi connectivity index (χ3v) is 3.30. The molecule has 1 heterocycles. The second kappa shape index (κ2) is 4.46. The third-order valence-electron chi connectivity index (χ3n) is 3.30. The second-order valence-electron chi connectivity index (χ2n) is 4.90. The quantitative estimate of drug-likeness (QED) is 0.790. The van der Waals surface area contributed by atoms with Crippen LogP contribution in [0.2, 0.25) is 0 Å². The highest BCUT2D eigenvalue weighted by Gasteiger charge is 2.34. The maximum atomic E-state index is 5.97. The summed E-state index contributed by atoms with van der Waals surface area (Å²) in [6, 6.07) is 19.3. The Labute approximate surface area is 108 Å². The van der Waals surface area contributed by atoms with Crippen molar-refractivity contribution in [3.05, 3.63) is 65.7 Å². The smallest absolute Gasteiger partial charge is 0.152 e. The van der Waals surface area contributed by atoms with E-state index in [4.69, 9.17) is 4.84 Å². The topological polar surface area (TPSA) is 12.5 Å². The predicted octanol–water partition coefficient (Wildman–Crippen LogP) is 3.79. The van der Waals surface area contributed by atoms with E-state index >= 15 is 0 Å². The Bertz CT molecular complexity index is 536. The average molecular weight is 239 g/mol. The molecule has 1 aliphatic rings. The predicted molar refractivity (Wildman–Crippen MR) is 72.3 cm³/mol. The van der Waals surface area contributed by atoms with Gasteiger partial charge >= 0.3 is 0 Å². The van der Waals surface area contributed by atoms with Gasteiger partial charge in [0, 0.05) is 11.6 Å². The fourth-order valence-electron chi connectivity index (χ4n) is 2.46. The van der Waals surface area contributed by atoms with Gasteiger partial charge in [-0.3, -0.25) is 0 Å². The molecule has 0 fully saturated rings. The number of nitrogens with zero attached hydrogens (tertiary/aromatic N) is 1. The first-order chi connectivity index (χ1) is 8.77. The lowest BCUT2D eigenvalue weighted by molar-refractivity contribution is -0.0867. The van der Waals surface area contributed by atoms with Gasteiger partial charge < -0.3 is 4.84 Å². The lowest BCUT2D eigenvalue weighted by Crippen LogP contribution is -2.33. The Hall–Kier alpha value is -1.80. The van der Waals surface area contributed by atoms with Crippen LogP contribution in [0, 0.1) is 0 Å². The van der Waals surface area contributed by atoms with Gasteiger partial charge in [-0.15, -0.1) is 5.06 Å². The normalized spacial score (nSPS) is 18.7. The summed E-state index contributed by atoms with van der Waals surface area (Å²) in [5, 5.41) is 2.07. The third kappa shape index (κ3) is 1.79. The Morgan fingerprint density at radius 3 is 2.33 bits per heavy atom. The summed E-state index contributed by atoms with van der Waals surface area (Å²) in [5.41, 5.74) is 2.52. The van der Waals surface area contributed by atoms with Crippen molar-refractivity contribution < 1.29 is 4.84 Å². The summed E-state index contributed by atoms with van der Waals surface area (Å²) in [6.45, 7) is 4.31. The molecular weight excluding hydrogens is 222 g/mol. The van der Waals surface area contributed by atoms with Crippen LogP contribution in [0.15, 0.2) is 54.6 Å². The molecule has 3 rings (SSSR count). The van der Waals surface area contributed by atoms with Crippen LogP contribution in [0.1, 0.15) is 31.0 Å². The van der Waals surface area contributed by atoms with E-state index in [1.165, 1.54) is 11.1 Å². The minimum atomic E-state index is 0.197. The van der Waals surface area contributed by atoms with Gasteiger partial charge in [-0.1, -0.05) is 48.5 Å². The number of hydroxylamine groups is 2. The van der Waals surface area contributed by atoms with Gasteiger partial charge in [-0.2, -0.15) is 0 Å². The highest BCUT2D eigenvalue weighted by Crippen LogP contribution is 2.41. The molecule has 2 aromatic rings. The Morgan fingerprint density at radius 1 is 0.944 bits per heavy atom. The fourth-order valence-corrected chi connectivity index (χ4v) is 2.46. The van der Waals surface area contributed by atoms with Crippen LogP contribution < -0.4 is 4.84 Å². The first-order valence-electron chi connectivity index (χ1n) is 6.37. The molecule has 1 unspecified atom stereocenters. The molecule has 2 heteroatoms. The van der Waals surface area contributed by atoms with E-state index in [1.807, 2.05) is 18.2 Å². The van der Waals surface area contributed by atoms with Crippen molar-refractivity contribution in [1.82, 2.24) is 5.06 Å². The van der Waals surface area contributed by atoms with Crippen LogP contribution in [-0.2, 0) is 0 Å². The van der Waals surface area contributed by atoms with Gasteiger partial charge in [0.2, 0.25) is 0 Å². The van der Waals surface area contributed by atoms with Gasteiger partial charge in [-0.05, 0) is 25.5 Å². The standard InChI is InChI=1S/C16H17NO/c1-12(2)17-16(13-8-4-3-5-9-13)14-10-6-7-11-15(14)18-17/h3-12,16H,1-2H3. The zero-order chi connectivity index (χ0) is 12.5. The van der Waals surface area contributed by atoms with Gasteiger partial charge in [0.05, 0.1) is 6.04 Å². The van der Waals surface area contributed by atoms with Crippen LogP contribution in [0.5, 0.6) is 5.75 Å². The molecule has 92 valence electrons. The molecular formula is C16H17NO. The molecule has 0 spiro atoms. The van der Waals surface area contributed by atoms with Crippen molar-refractivity contribution >= 4 is 0 Å². The van der Waals surface area contributed by atoms with Crippen molar-refractivity contribution in [2.24, 2.45) is 0 Å². The molecule has 0 amide bonds. The molecule has 0 N–H and O–H groups in total. The zero-order valence-corrected chi connectivity index (χ0v) is 10.7. The fraction of sp³-hybridized carbons (Fsp3) is 0.250. The summed E-state index contributed by atoms with van der Waals surface area (Å²) in [6.07, 6.45) is 0. The van der Waals surface area contributed by atoms with Gasteiger partial charge in [0.1, 0.15) is 0 Å². The van der Waals surface area contributed by atoms with Crippen LogP contribution in [0.25, 0.3) is 0 Å². The average Bonchev–Trinajstić information content (AvgIpc) is 2.79. The molecule has 18 heavy (non-hydrogen) atoms. The van der Waals surface area contributed by atoms with Gasteiger partial charge in [0.25, 0.3) is 0 Å². The van der Waals surface area contributed by atoms with E-state index < -0.39 is 0 Å². The molecule has 2 nitrogen and oxygen atoms in total. The molecule has 1 aliphatic heterocycles. The van der Waals surface area contributed by atoms with E-state index in [0.29, 0.717) is 6.04 Å². The maximum Gasteiger partial charge on any atom is 0.152 e. The minimum absolute atomic E-state index is 0.197. The van der Waals surface area contributed by atoms with Gasteiger partial charge in [-0.25, -0.2) is 0 Å². The van der Waals surface area contributed by atoms with Crippen LogP contribution in [-0.4, -0.2) is 11.1 Å².